The lowest BCUT2D eigenvalue weighted by Gasteiger charge is -2.38. The molecule has 26 heavy (non-hydrogen) atoms. The number of benzene rings is 2. The molecule has 0 spiro atoms. The van der Waals surface area contributed by atoms with Gasteiger partial charge < -0.3 is 10.2 Å². The predicted molar refractivity (Wildman–Crippen MR) is 104 cm³/mol. The maximum Gasteiger partial charge on any atom is 0.241 e. The highest BCUT2D eigenvalue weighted by Crippen LogP contribution is 2.22. The molecular formula is C21H26FN3O. The van der Waals surface area contributed by atoms with E-state index in [1.54, 1.807) is 6.07 Å². The average Bonchev–Trinajstić information content (AvgIpc) is 2.65. The quantitative estimate of drug-likeness (QED) is 0.910. The Kier molecular flexibility index (Phi) is 5.57. The number of halogens is 1. The van der Waals surface area contributed by atoms with Gasteiger partial charge >= 0.3 is 0 Å². The van der Waals surface area contributed by atoms with Crippen LogP contribution in [-0.4, -0.2) is 43.0 Å². The molecule has 0 radical (unpaired) electrons. The Labute approximate surface area is 154 Å². The molecule has 1 fully saturated rings. The molecule has 5 heteroatoms. The zero-order valence-electron chi connectivity index (χ0n) is 15.6. The van der Waals surface area contributed by atoms with Crippen LogP contribution in [0.25, 0.3) is 0 Å². The monoisotopic (exact) mass is 355 g/mol. The molecule has 138 valence electrons. The first-order chi connectivity index (χ1) is 12.5. The number of carbonyl (C=O) groups excluding carboxylic acids is 1. The van der Waals surface area contributed by atoms with E-state index in [9.17, 15) is 9.18 Å². The number of rotatable bonds is 4. The first-order valence-corrected chi connectivity index (χ1v) is 9.08. The van der Waals surface area contributed by atoms with Crippen molar-refractivity contribution in [1.29, 1.82) is 0 Å². The Balaban J connectivity index is 1.60. The molecule has 2 aromatic rings. The van der Waals surface area contributed by atoms with E-state index in [1.165, 1.54) is 6.07 Å². The van der Waals surface area contributed by atoms with Crippen LogP contribution in [0.3, 0.4) is 0 Å². The third-order valence-electron chi connectivity index (χ3n) is 5.16. The van der Waals surface area contributed by atoms with Crippen molar-refractivity contribution in [1.82, 2.24) is 4.90 Å². The summed E-state index contributed by atoms with van der Waals surface area (Å²) < 4.78 is 14.0. The predicted octanol–water partition coefficient (Wildman–Crippen LogP) is 3.59. The van der Waals surface area contributed by atoms with Gasteiger partial charge in [-0.05, 0) is 44.0 Å². The SMILES string of the molecule is Cc1cccc(C)c1NC(=O)[C@@H](C)N1CCN(c2ccccc2F)CC1. The summed E-state index contributed by atoms with van der Waals surface area (Å²) in [5, 5.41) is 3.07. The van der Waals surface area contributed by atoms with Crippen LogP contribution < -0.4 is 10.2 Å². The van der Waals surface area contributed by atoms with Crippen molar-refractivity contribution >= 4 is 17.3 Å². The molecule has 1 atom stereocenters. The highest BCUT2D eigenvalue weighted by atomic mass is 19.1. The second kappa shape index (κ2) is 7.87. The number of aryl methyl sites for hydroxylation is 2. The summed E-state index contributed by atoms with van der Waals surface area (Å²) in [6, 6.07) is 12.6. The van der Waals surface area contributed by atoms with Gasteiger partial charge in [-0.15, -0.1) is 0 Å². The van der Waals surface area contributed by atoms with E-state index < -0.39 is 0 Å². The Hall–Kier alpha value is -2.40. The number of carbonyl (C=O) groups is 1. The molecule has 0 aromatic heterocycles. The average molecular weight is 355 g/mol. The van der Waals surface area contributed by atoms with Gasteiger partial charge in [-0.1, -0.05) is 30.3 Å². The van der Waals surface area contributed by atoms with Crippen LogP contribution in [0.5, 0.6) is 0 Å². The van der Waals surface area contributed by atoms with Crippen molar-refractivity contribution in [2.75, 3.05) is 36.4 Å². The fourth-order valence-corrected chi connectivity index (χ4v) is 3.46. The first-order valence-electron chi connectivity index (χ1n) is 9.08. The van der Waals surface area contributed by atoms with Gasteiger partial charge in [0.05, 0.1) is 11.7 Å². The fraction of sp³-hybridized carbons (Fsp3) is 0.381. The zero-order chi connectivity index (χ0) is 18.7. The van der Waals surface area contributed by atoms with Gasteiger partial charge in [-0.2, -0.15) is 0 Å². The van der Waals surface area contributed by atoms with Gasteiger partial charge in [-0.25, -0.2) is 4.39 Å². The minimum atomic E-state index is -0.225. The molecule has 1 aliphatic heterocycles. The van der Waals surface area contributed by atoms with Gasteiger partial charge in [0.15, 0.2) is 0 Å². The van der Waals surface area contributed by atoms with Crippen LogP contribution in [0.4, 0.5) is 15.8 Å². The summed E-state index contributed by atoms with van der Waals surface area (Å²) in [7, 11) is 0. The number of nitrogens with one attached hydrogen (secondary N) is 1. The highest BCUT2D eigenvalue weighted by molar-refractivity contribution is 5.95. The van der Waals surface area contributed by atoms with E-state index in [1.807, 2.05) is 56.0 Å². The van der Waals surface area contributed by atoms with Gasteiger partial charge in [0, 0.05) is 31.9 Å². The molecular weight excluding hydrogens is 329 g/mol. The molecule has 0 unspecified atom stereocenters. The van der Waals surface area contributed by atoms with Crippen LogP contribution in [0.1, 0.15) is 18.1 Å². The Morgan fingerprint density at radius 3 is 2.23 bits per heavy atom. The van der Waals surface area contributed by atoms with E-state index >= 15 is 0 Å². The minimum absolute atomic E-state index is 0.00161. The summed E-state index contributed by atoms with van der Waals surface area (Å²) in [6.07, 6.45) is 0. The molecule has 0 bridgehead atoms. The number of hydrogen-bond donors (Lipinski definition) is 1. The van der Waals surface area contributed by atoms with E-state index in [0.717, 1.165) is 29.9 Å². The molecule has 0 saturated carbocycles. The molecule has 0 aliphatic carbocycles. The number of hydrogen-bond acceptors (Lipinski definition) is 3. The van der Waals surface area contributed by atoms with Crippen LogP contribution in [0.2, 0.25) is 0 Å². The number of nitrogens with zero attached hydrogens (tertiary/aromatic N) is 2. The number of para-hydroxylation sites is 2. The lowest BCUT2D eigenvalue weighted by atomic mass is 10.1. The summed E-state index contributed by atoms with van der Waals surface area (Å²) in [5.74, 6) is -0.191. The Morgan fingerprint density at radius 1 is 1.00 bits per heavy atom. The van der Waals surface area contributed by atoms with Crippen molar-refractivity contribution in [3.63, 3.8) is 0 Å². The molecule has 3 rings (SSSR count). The normalized spacial score (nSPS) is 16.4. The largest absolute Gasteiger partial charge is 0.367 e. The second-order valence-electron chi connectivity index (χ2n) is 6.91. The van der Waals surface area contributed by atoms with Crippen molar-refractivity contribution in [2.24, 2.45) is 0 Å². The Morgan fingerprint density at radius 2 is 1.62 bits per heavy atom. The first kappa shape index (κ1) is 18.4. The van der Waals surface area contributed by atoms with Crippen molar-refractivity contribution in [3.05, 3.63) is 59.4 Å². The highest BCUT2D eigenvalue weighted by Gasteiger charge is 2.26. The van der Waals surface area contributed by atoms with Crippen LogP contribution in [0.15, 0.2) is 42.5 Å². The zero-order valence-corrected chi connectivity index (χ0v) is 15.6. The molecule has 1 amide bonds. The summed E-state index contributed by atoms with van der Waals surface area (Å²) in [5.41, 5.74) is 3.67. The molecule has 1 heterocycles. The standard InChI is InChI=1S/C21H26FN3O/c1-15-7-6-8-16(2)20(15)23-21(26)17(3)24-11-13-25(14-12-24)19-10-5-4-9-18(19)22/h4-10,17H,11-14H2,1-3H3,(H,23,26)/t17-/m1/s1. The third-order valence-corrected chi connectivity index (χ3v) is 5.16. The van der Waals surface area contributed by atoms with Crippen molar-refractivity contribution in [3.8, 4) is 0 Å². The molecule has 1 saturated heterocycles. The van der Waals surface area contributed by atoms with Crippen molar-refractivity contribution < 1.29 is 9.18 Å². The fourth-order valence-electron chi connectivity index (χ4n) is 3.46. The lowest BCUT2D eigenvalue weighted by molar-refractivity contribution is -0.120. The van der Waals surface area contributed by atoms with Gasteiger partial charge in [0.2, 0.25) is 5.91 Å². The molecule has 4 nitrogen and oxygen atoms in total. The minimum Gasteiger partial charge on any atom is -0.367 e. The van der Waals surface area contributed by atoms with E-state index in [2.05, 4.69) is 10.2 Å². The van der Waals surface area contributed by atoms with Crippen LogP contribution in [0, 0.1) is 19.7 Å². The van der Waals surface area contributed by atoms with E-state index in [0.29, 0.717) is 18.8 Å². The van der Waals surface area contributed by atoms with E-state index in [4.69, 9.17) is 0 Å². The lowest BCUT2D eigenvalue weighted by Crippen LogP contribution is -2.53. The second-order valence-corrected chi connectivity index (χ2v) is 6.91. The Bertz CT molecular complexity index is 764. The summed E-state index contributed by atoms with van der Waals surface area (Å²) in [6.45, 7) is 8.82. The smallest absolute Gasteiger partial charge is 0.241 e. The van der Waals surface area contributed by atoms with Crippen LogP contribution in [-0.2, 0) is 4.79 Å². The van der Waals surface area contributed by atoms with Crippen LogP contribution >= 0.6 is 0 Å². The van der Waals surface area contributed by atoms with Gasteiger partial charge in [0.1, 0.15) is 5.82 Å². The maximum absolute atomic E-state index is 14.0. The van der Waals surface area contributed by atoms with Crippen molar-refractivity contribution in [2.45, 2.75) is 26.8 Å². The van der Waals surface area contributed by atoms with Gasteiger partial charge in [0.25, 0.3) is 0 Å². The summed E-state index contributed by atoms with van der Waals surface area (Å²) >= 11 is 0. The van der Waals surface area contributed by atoms with E-state index in [-0.39, 0.29) is 17.8 Å². The molecule has 1 aliphatic rings. The number of amides is 1. The number of anilines is 2. The molecule has 2 aromatic carbocycles. The summed E-state index contributed by atoms with van der Waals surface area (Å²) in [4.78, 5) is 16.9. The third kappa shape index (κ3) is 3.88. The number of piperazine rings is 1. The maximum atomic E-state index is 14.0. The topological polar surface area (TPSA) is 35.6 Å². The van der Waals surface area contributed by atoms with Gasteiger partial charge in [-0.3, -0.25) is 9.69 Å². The molecule has 1 N–H and O–H groups in total.